The van der Waals surface area contributed by atoms with Crippen LogP contribution in [0.5, 0.6) is 0 Å². The largest absolute Gasteiger partial charge is 0.379 e. The van der Waals surface area contributed by atoms with Crippen LogP contribution in [0.3, 0.4) is 0 Å². The molecule has 0 aromatic carbocycles. The number of ether oxygens (including phenoxy) is 1. The first-order valence-electron chi connectivity index (χ1n) is 8.23. The molecule has 1 unspecified atom stereocenters. The summed E-state index contributed by atoms with van der Waals surface area (Å²) in [7, 11) is 1.85. The van der Waals surface area contributed by atoms with Gasteiger partial charge in [-0.2, -0.15) is 11.8 Å². The molecule has 0 radical (unpaired) electrons. The molecule has 24 heavy (non-hydrogen) atoms. The van der Waals surface area contributed by atoms with Crippen LogP contribution in [0.25, 0.3) is 0 Å². The molecule has 1 N–H and O–H groups in total. The van der Waals surface area contributed by atoms with Gasteiger partial charge in [0.1, 0.15) is 0 Å². The van der Waals surface area contributed by atoms with Gasteiger partial charge in [0.25, 0.3) is 0 Å². The molecule has 3 heterocycles. The molecule has 0 bridgehead atoms. The van der Waals surface area contributed by atoms with Crippen molar-refractivity contribution in [3.8, 4) is 0 Å². The van der Waals surface area contributed by atoms with Crippen molar-refractivity contribution in [3.05, 3.63) is 20.8 Å². The zero-order valence-corrected chi connectivity index (χ0v) is 17.1. The first-order valence-corrected chi connectivity index (χ1v) is 11.0. The molecule has 1 atom stereocenters. The van der Waals surface area contributed by atoms with Gasteiger partial charge >= 0.3 is 6.03 Å². The van der Waals surface area contributed by atoms with Crippen LogP contribution in [0.1, 0.15) is 11.3 Å². The Hall–Kier alpha value is -0.280. The lowest BCUT2D eigenvalue weighted by atomic mass is 9.95. The number of thiophene rings is 1. The SMILES string of the molecule is CN(Cc1ccc(Br)s1)C(=O)NCC1(N2CCOCC2)CCSC1. The number of nitrogens with one attached hydrogen (secondary N) is 1. The van der Waals surface area contributed by atoms with Gasteiger partial charge in [-0.05, 0) is 40.2 Å². The number of rotatable bonds is 5. The van der Waals surface area contributed by atoms with Crippen LogP contribution >= 0.6 is 39.0 Å². The molecule has 1 aromatic heterocycles. The van der Waals surface area contributed by atoms with Gasteiger partial charge in [0.15, 0.2) is 0 Å². The van der Waals surface area contributed by atoms with Gasteiger partial charge in [-0.1, -0.05) is 0 Å². The maximum absolute atomic E-state index is 12.5. The van der Waals surface area contributed by atoms with Crippen molar-refractivity contribution >= 4 is 45.1 Å². The number of hydrogen-bond acceptors (Lipinski definition) is 5. The standard InChI is InChI=1S/C16H24BrN3O2S2/c1-19(10-13-2-3-14(17)24-13)15(21)18-11-16(4-9-23-12-16)20-5-7-22-8-6-20/h2-3H,4-12H2,1H3,(H,18,21). The maximum atomic E-state index is 12.5. The molecular formula is C16H24BrN3O2S2. The zero-order valence-electron chi connectivity index (χ0n) is 13.9. The highest BCUT2D eigenvalue weighted by Crippen LogP contribution is 2.33. The Morgan fingerprint density at radius 1 is 1.46 bits per heavy atom. The quantitative estimate of drug-likeness (QED) is 0.774. The summed E-state index contributed by atoms with van der Waals surface area (Å²) >= 11 is 7.12. The van der Waals surface area contributed by atoms with E-state index in [9.17, 15) is 4.79 Å². The number of carbonyl (C=O) groups is 1. The lowest BCUT2D eigenvalue weighted by Gasteiger charge is -2.43. The molecular weight excluding hydrogens is 410 g/mol. The third-order valence-electron chi connectivity index (χ3n) is 4.70. The number of hydrogen-bond donors (Lipinski definition) is 1. The number of nitrogens with zero attached hydrogens (tertiary/aromatic N) is 2. The molecule has 0 aliphatic carbocycles. The summed E-state index contributed by atoms with van der Waals surface area (Å²) in [5, 5.41) is 3.17. The molecule has 0 saturated carbocycles. The first-order chi connectivity index (χ1) is 11.6. The van der Waals surface area contributed by atoms with Gasteiger partial charge in [-0.3, -0.25) is 4.90 Å². The Bertz CT molecular complexity index is 557. The van der Waals surface area contributed by atoms with E-state index in [0.29, 0.717) is 6.54 Å². The summed E-state index contributed by atoms with van der Waals surface area (Å²) < 4.78 is 6.59. The fourth-order valence-electron chi connectivity index (χ4n) is 3.25. The average Bonchev–Trinajstić information content (AvgIpc) is 3.23. The summed E-state index contributed by atoms with van der Waals surface area (Å²) in [6.07, 6.45) is 1.14. The van der Waals surface area contributed by atoms with Crippen molar-refractivity contribution in [3.63, 3.8) is 0 Å². The zero-order chi connectivity index (χ0) is 17.0. The molecule has 1 aromatic rings. The van der Waals surface area contributed by atoms with E-state index in [1.165, 1.54) is 10.6 Å². The van der Waals surface area contributed by atoms with Gasteiger partial charge < -0.3 is 15.0 Å². The van der Waals surface area contributed by atoms with E-state index in [1.54, 1.807) is 16.2 Å². The van der Waals surface area contributed by atoms with Crippen molar-refractivity contribution in [2.75, 3.05) is 51.4 Å². The molecule has 2 aliphatic rings. The second-order valence-corrected chi connectivity index (χ2v) is 10.00. The number of morpholine rings is 1. The Balaban J connectivity index is 1.54. The summed E-state index contributed by atoms with van der Waals surface area (Å²) in [6.45, 7) is 4.89. The van der Waals surface area contributed by atoms with E-state index >= 15 is 0 Å². The van der Waals surface area contributed by atoms with Gasteiger partial charge in [0.05, 0.1) is 23.5 Å². The lowest BCUT2D eigenvalue weighted by Crippen LogP contribution is -2.59. The van der Waals surface area contributed by atoms with Gasteiger partial charge in [0, 0.05) is 42.9 Å². The summed E-state index contributed by atoms with van der Waals surface area (Å²) in [4.78, 5) is 18.0. The van der Waals surface area contributed by atoms with E-state index in [0.717, 1.165) is 48.8 Å². The second-order valence-electron chi connectivity index (χ2n) is 6.35. The van der Waals surface area contributed by atoms with Crippen molar-refractivity contribution in [2.45, 2.75) is 18.5 Å². The van der Waals surface area contributed by atoms with Crippen LogP contribution in [-0.2, 0) is 11.3 Å². The van der Waals surface area contributed by atoms with Crippen LogP contribution in [0, 0.1) is 0 Å². The van der Waals surface area contributed by atoms with Crippen LogP contribution in [0.15, 0.2) is 15.9 Å². The predicted molar refractivity (Wildman–Crippen MR) is 104 cm³/mol. The highest BCUT2D eigenvalue weighted by atomic mass is 79.9. The average molecular weight is 434 g/mol. The lowest BCUT2D eigenvalue weighted by molar-refractivity contribution is -0.0127. The van der Waals surface area contributed by atoms with Crippen molar-refractivity contribution in [1.29, 1.82) is 0 Å². The number of carbonyl (C=O) groups excluding carboxylic acids is 1. The van der Waals surface area contributed by atoms with Crippen LogP contribution in [-0.4, -0.2) is 72.8 Å². The third-order valence-corrected chi connectivity index (χ3v) is 7.54. The minimum Gasteiger partial charge on any atom is -0.379 e. The van der Waals surface area contributed by atoms with Crippen molar-refractivity contribution < 1.29 is 9.53 Å². The minimum atomic E-state index is 0.00376. The molecule has 3 rings (SSSR count). The number of halogens is 1. The fourth-order valence-corrected chi connectivity index (χ4v) is 6.27. The molecule has 2 fully saturated rings. The second kappa shape index (κ2) is 8.40. The minimum absolute atomic E-state index is 0.00376. The molecule has 8 heteroatoms. The third kappa shape index (κ3) is 4.46. The molecule has 2 saturated heterocycles. The summed E-state index contributed by atoms with van der Waals surface area (Å²) in [5.74, 6) is 2.27. The van der Waals surface area contributed by atoms with E-state index in [1.807, 2.05) is 24.9 Å². The van der Waals surface area contributed by atoms with Gasteiger partial charge in [-0.25, -0.2) is 4.79 Å². The van der Waals surface area contributed by atoms with E-state index in [-0.39, 0.29) is 11.6 Å². The van der Waals surface area contributed by atoms with Crippen LogP contribution in [0.2, 0.25) is 0 Å². The molecule has 5 nitrogen and oxygen atoms in total. The van der Waals surface area contributed by atoms with Gasteiger partial charge in [-0.15, -0.1) is 11.3 Å². The monoisotopic (exact) mass is 433 g/mol. The van der Waals surface area contributed by atoms with Crippen molar-refractivity contribution in [2.24, 2.45) is 0 Å². The van der Waals surface area contributed by atoms with Crippen LogP contribution in [0.4, 0.5) is 4.79 Å². The van der Waals surface area contributed by atoms with E-state index in [2.05, 4.69) is 32.2 Å². The first kappa shape index (κ1) is 18.5. The molecule has 134 valence electrons. The fraction of sp³-hybridized carbons (Fsp3) is 0.688. The smallest absolute Gasteiger partial charge is 0.317 e. The topological polar surface area (TPSA) is 44.8 Å². The molecule has 2 amide bonds. The maximum Gasteiger partial charge on any atom is 0.317 e. The Morgan fingerprint density at radius 3 is 2.88 bits per heavy atom. The summed E-state index contributed by atoms with van der Waals surface area (Å²) in [5.41, 5.74) is 0.0942. The Morgan fingerprint density at radius 2 is 2.25 bits per heavy atom. The highest BCUT2D eigenvalue weighted by molar-refractivity contribution is 9.11. The Kier molecular flexibility index (Phi) is 6.48. The number of thioether (sulfide) groups is 1. The summed E-state index contributed by atoms with van der Waals surface area (Å²) in [6, 6.07) is 4.08. The highest BCUT2D eigenvalue weighted by Gasteiger charge is 2.41. The number of urea groups is 1. The van der Waals surface area contributed by atoms with Crippen molar-refractivity contribution in [1.82, 2.24) is 15.1 Å². The Labute approximate surface area is 160 Å². The predicted octanol–water partition coefficient (Wildman–Crippen LogP) is 2.86. The molecule has 0 spiro atoms. The molecule has 2 aliphatic heterocycles. The van der Waals surface area contributed by atoms with Gasteiger partial charge in [0.2, 0.25) is 0 Å². The number of amides is 2. The normalized spacial score (nSPS) is 24.9. The van der Waals surface area contributed by atoms with Crippen LogP contribution < -0.4 is 5.32 Å². The van der Waals surface area contributed by atoms with E-state index in [4.69, 9.17) is 4.74 Å². The van der Waals surface area contributed by atoms with E-state index < -0.39 is 0 Å².